The predicted octanol–water partition coefficient (Wildman–Crippen LogP) is 6.14. The standard InChI is InChI=1S/C30H35Cl2N3O4S/c1-5-6-18-33-30(37)23(4)34(19-26-27(31)8-7-9-28(26)32)29(36)20-35(24-14-10-21(2)11-15-24)40(38,39)25-16-12-22(3)13-17-25/h7-17,23H,5-6,18-20H2,1-4H3,(H,33,37)/t23-/m1/s1. The maximum atomic E-state index is 14.0. The summed E-state index contributed by atoms with van der Waals surface area (Å²) in [5, 5.41) is 3.53. The number of nitrogens with zero attached hydrogens (tertiary/aromatic N) is 2. The molecular formula is C30H35Cl2N3O4S. The van der Waals surface area contributed by atoms with Crippen LogP contribution in [0.15, 0.2) is 71.6 Å². The minimum absolute atomic E-state index is 0.0533. The molecule has 0 aliphatic heterocycles. The Bertz CT molecular complexity index is 1410. The zero-order valence-electron chi connectivity index (χ0n) is 23.2. The molecule has 0 spiro atoms. The van der Waals surface area contributed by atoms with Gasteiger partial charge in [-0.2, -0.15) is 0 Å². The number of hydrogen-bond donors (Lipinski definition) is 1. The predicted molar refractivity (Wildman–Crippen MR) is 161 cm³/mol. The number of benzene rings is 3. The first kappa shape index (κ1) is 31.5. The third-order valence-electron chi connectivity index (χ3n) is 6.60. The van der Waals surface area contributed by atoms with Gasteiger partial charge in [0, 0.05) is 28.7 Å². The molecular weight excluding hydrogens is 569 g/mol. The highest BCUT2D eigenvalue weighted by Crippen LogP contribution is 2.28. The summed E-state index contributed by atoms with van der Waals surface area (Å²) in [5.74, 6) is -0.932. The van der Waals surface area contributed by atoms with Crippen molar-refractivity contribution in [2.75, 3.05) is 17.4 Å². The van der Waals surface area contributed by atoms with Crippen LogP contribution < -0.4 is 9.62 Å². The number of anilines is 1. The van der Waals surface area contributed by atoms with Gasteiger partial charge in [-0.1, -0.05) is 78.0 Å². The van der Waals surface area contributed by atoms with Crippen molar-refractivity contribution in [2.45, 2.75) is 58.0 Å². The topological polar surface area (TPSA) is 86.8 Å². The van der Waals surface area contributed by atoms with E-state index in [2.05, 4.69) is 5.32 Å². The number of amides is 2. The zero-order chi connectivity index (χ0) is 29.4. The maximum absolute atomic E-state index is 14.0. The molecule has 2 amide bonds. The van der Waals surface area contributed by atoms with E-state index in [0.717, 1.165) is 28.3 Å². The summed E-state index contributed by atoms with van der Waals surface area (Å²) in [4.78, 5) is 28.4. The average Bonchev–Trinajstić information content (AvgIpc) is 2.92. The highest BCUT2D eigenvalue weighted by Gasteiger charge is 2.33. The summed E-state index contributed by atoms with van der Waals surface area (Å²) in [6, 6.07) is 17.4. The van der Waals surface area contributed by atoms with E-state index in [1.807, 2.05) is 20.8 Å². The fourth-order valence-electron chi connectivity index (χ4n) is 4.05. The van der Waals surface area contributed by atoms with Crippen LogP contribution in [0.25, 0.3) is 0 Å². The van der Waals surface area contributed by atoms with Crippen LogP contribution in [-0.2, 0) is 26.2 Å². The lowest BCUT2D eigenvalue weighted by atomic mass is 10.1. The normalized spacial score (nSPS) is 12.1. The fourth-order valence-corrected chi connectivity index (χ4v) is 5.98. The second-order valence-corrected chi connectivity index (χ2v) is 12.4. The van der Waals surface area contributed by atoms with Crippen LogP contribution in [0.1, 0.15) is 43.4 Å². The Labute approximate surface area is 247 Å². The second kappa shape index (κ2) is 14.0. The van der Waals surface area contributed by atoms with E-state index in [-0.39, 0.29) is 17.3 Å². The lowest BCUT2D eigenvalue weighted by molar-refractivity contribution is -0.139. The Hall–Kier alpha value is -3.07. The second-order valence-electron chi connectivity index (χ2n) is 9.70. The Morgan fingerprint density at radius 2 is 1.45 bits per heavy atom. The number of hydrogen-bond acceptors (Lipinski definition) is 4. The lowest BCUT2D eigenvalue weighted by Crippen LogP contribution is -2.51. The van der Waals surface area contributed by atoms with Crippen LogP contribution in [0.2, 0.25) is 10.0 Å². The van der Waals surface area contributed by atoms with Crippen molar-refractivity contribution >= 4 is 50.7 Å². The number of carbonyl (C=O) groups is 2. The molecule has 1 atom stereocenters. The van der Waals surface area contributed by atoms with E-state index in [4.69, 9.17) is 23.2 Å². The van der Waals surface area contributed by atoms with Gasteiger partial charge in [0.15, 0.2) is 0 Å². The first-order valence-electron chi connectivity index (χ1n) is 13.1. The SMILES string of the molecule is CCCCNC(=O)[C@@H](C)N(Cc1c(Cl)cccc1Cl)C(=O)CN(c1ccc(C)cc1)S(=O)(=O)c1ccc(C)cc1. The number of unbranched alkanes of at least 4 members (excludes halogenated alkanes) is 1. The first-order chi connectivity index (χ1) is 18.9. The Morgan fingerprint density at radius 1 is 0.900 bits per heavy atom. The number of sulfonamides is 1. The third kappa shape index (κ3) is 7.77. The van der Waals surface area contributed by atoms with E-state index in [0.29, 0.717) is 27.8 Å². The minimum Gasteiger partial charge on any atom is -0.354 e. The molecule has 0 bridgehead atoms. The number of aryl methyl sites for hydroxylation is 2. The van der Waals surface area contributed by atoms with Crippen LogP contribution in [0.3, 0.4) is 0 Å². The summed E-state index contributed by atoms with van der Waals surface area (Å²) in [6.07, 6.45) is 1.69. The summed E-state index contributed by atoms with van der Waals surface area (Å²) in [5.41, 5.74) is 2.64. The van der Waals surface area contributed by atoms with Gasteiger partial charge in [-0.3, -0.25) is 13.9 Å². The number of rotatable bonds is 12. The van der Waals surface area contributed by atoms with E-state index in [9.17, 15) is 18.0 Å². The van der Waals surface area contributed by atoms with Gasteiger partial charge in [0.05, 0.1) is 10.6 Å². The molecule has 40 heavy (non-hydrogen) atoms. The molecule has 0 aliphatic rings. The molecule has 0 aliphatic carbocycles. The van der Waals surface area contributed by atoms with Crippen molar-refractivity contribution < 1.29 is 18.0 Å². The minimum atomic E-state index is -4.13. The van der Waals surface area contributed by atoms with Gasteiger partial charge < -0.3 is 10.2 Å². The molecule has 0 radical (unpaired) electrons. The van der Waals surface area contributed by atoms with Crippen LogP contribution in [-0.4, -0.2) is 44.3 Å². The van der Waals surface area contributed by atoms with E-state index in [1.54, 1.807) is 61.5 Å². The maximum Gasteiger partial charge on any atom is 0.264 e. The molecule has 0 saturated carbocycles. The molecule has 3 aromatic carbocycles. The van der Waals surface area contributed by atoms with Gasteiger partial charge in [0.2, 0.25) is 11.8 Å². The Kier molecular flexibility index (Phi) is 11.0. The third-order valence-corrected chi connectivity index (χ3v) is 9.09. The summed E-state index contributed by atoms with van der Waals surface area (Å²) >= 11 is 12.8. The van der Waals surface area contributed by atoms with Crippen molar-refractivity contribution in [3.63, 3.8) is 0 Å². The number of nitrogens with one attached hydrogen (secondary N) is 1. The zero-order valence-corrected chi connectivity index (χ0v) is 25.5. The molecule has 1 N–H and O–H groups in total. The molecule has 0 aromatic heterocycles. The van der Waals surface area contributed by atoms with Gasteiger partial charge in [0.1, 0.15) is 12.6 Å². The Balaban J connectivity index is 2.03. The van der Waals surface area contributed by atoms with Crippen molar-refractivity contribution in [3.05, 3.63) is 93.5 Å². The highest BCUT2D eigenvalue weighted by molar-refractivity contribution is 7.92. The monoisotopic (exact) mass is 603 g/mol. The quantitative estimate of drug-likeness (QED) is 0.252. The van der Waals surface area contributed by atoms with Gasteiger partial charge in [0.25, 0.3) is 10.0 Å². The van der Waals surface area contributed by atoms with Gasteiger partial charge in [-0.15, -0.1) is 0 Å². The van der Waals surface area contributed by atoms with Crippen LogP contribution in [0.4, 0.5) is 5.69 Å². The number of halogens is 2. The molecule has 10 heteroatoms. The van der Waals surface area contributed by atoms with Crippen molar-refractivity contribution in [1.82, 2.24) is 10.2 Å². The summed E-state index contributed by atoms with van der Waals surface area (Å²) in [7, 11) is -4.13. The van der Waals surface area contributed by atoms with E-state index in [1.165, 1.54) is 17.0 Å². The smallest absolute Gasteiger partial charge is 0.264 e. The summed E-state index contributed by atoms with van der Waals surface area (Å²) in [6.45, 7) is 7.23. The van der Waals surface area contributed by atoms with Crippen LogP contribution in [0, 0.1) is 13.8 Å². The highest BCUT2D eigenvalue weighted by atomic mass is 35.5. The molecule has 7 nitrogen and oxygen atoms in total. The van der Waals surface area contributed by atoms with Crippen molar-refractivity contribution in [2.24, 2.45) is 0 Å². The lowest BCUT2D eigenvalue weighted by Gasteiger charge is -2.32. The van der Waals surface area contributed by atoms with Gasteiger partial charge >= 0.3 is 0 Å². The largest absolute Gasteiger partial charge is 0.354 e. The van der Waals surface area contributed by atoms with Crippen molar-refractivity contribution in [1.29, 1.82) is 0 Å². The molecule has 0 fully saturated rings. The van der Waals surface area contributed by atoms with E-state index < -0.39 is 28.5 Å². The van der Waals surface area contributed by atoms with Crippen LogP contribution >= 0.6 is 23.2 Å². The average molecular weight is 605 g/mol. The number of carbonyl (C=O) groups excluding carboxylic acids is 2. The molecule has 214 valence electrons. The van der Waals surface area contributed by atoms with Crippen LogP contribution in [0.5, 0.6) is 0 Å². The molecule has 3 aromatic rings. The molecule has 0 unspecified atom stereocenters. The van der Waals surface area contributed by atoms with E-state index >= 15 is 0 Å². The Morgan fingerprint density at radius 3 is 2.00 bits per heavy atom. The molecule has 0 saturated heterocycles. The molecule has 3 rings (SSSR count). The summed E-state index contributed by atoms with van der Waals surface area (Å²) < 4.78 is 28.8. The van der Waals surface area contributed by atoms with Crippen molar-refractivity contribution in [3.8, 4) is 0 Å². The van der Waals surface area contributed by atoms with Gasteiger partial charge in [-0.25, -0.2) is 8.42 Å². The van der Waals surface area contributed by atoms with Gasteiger partial charge in [-0.05, 0) is 63.6 Å². The fraction of sp³-hybridized carbons (Fsp3) is 0.333. The molecule has 0 heterocycles. The first-order valence-corrected chi connectivity index (χ1v) is 15.3.